The lowest BCUT2D eigenvalue weighted by atomic mass is 9.42. The van der Waals surface area contributed by atoms with Crippen LogP contribution in [0.25, 0.3) is 0 Å². The Morgan fingerprint density at radius 3 is 1.94 bits per heavy atom. The topological polar surface area (TPSA) is 295 Å². The molecular formula is C64H83BN2O19. The van der Waals surface area contributed by atoms with Crippen molar-refractivity contribution in [2.75, 3.05) is 52.8 Å². The van der Waals surface area contributed by atoms with Gasteiger partial charge in [-0.15, -0.1) is 0 Å². The third-order valence-electron chi connectivity index (χ3n) is 17.5. The van der Waals surface area contributed by atoms with Crippen molar-refractivity contribution in [3.8, 4) is 0 Å². The Hall–Kier alpha value is -6.66. The number of hydrogen-bond acceptors (Lipinski definition) is 19. The van der Waals surface area contributed by atoms with Crippen LogP contribution in [0.15, 0.2) is 102 Å². The lowest BCUT2D eigenvalue weighted by Gasteiger charge is -2.68. The molecule has 5 N–H and O–H groups in total. The molecule has 3 aromatic rings. The number of rotatable bonds is 30. The van der Waals surface area contributed by atoms with Crippen LogP contribution in [0.3, 0.4) is 0 Å². The molecule has 2 amide bonds. The number of esters is 4. The second-order valence-corrected chi connectivity index (χ2v) is 23.6. The van der Waals surface area contributed by atoms with Crippen molar-refractivity contribution < 1.29 is 91.5 Å². The average molecular weight is 1200 g/mol. The lowest BCUT2D eigenvalue weighted by molar-refractivity contribution is -0.339. The van der Waals surface area contributed by atoms with Gasteiger partial charge in [0.15, 0.2) is 23.3 Å². The number of Topliss-reactive ketones (excluding diaryl/α,β-unsaturated/α-hetero) is 2. The number of unbranched alkanes of at least 4 members (excludes halogenated alkanes) is 1. The molecule has 2 saturated carbocycles. The molecule has 3 fully saturated rings. The number of hydrogen-bond donors (Lipinski definition) is 5. The van der Waals surface area contributed by atoms with E-state index in [2.05, 4.69) is 10.6 Å². The van der Waals surface area contributed by atoms with Gasteiger partial charge in [-0.3, -0.25) is 33.6 Å². The number of ketones is 2. The Labute approximate surface area is 502 Å². The molecule has 3 unspecified atom stereocenters. The SMILES string of the molecule is CB(O)CCCCOCCOCCOCCCNC(=O)CCC(=O)OC(C(=O)OC1C[C@@]2(O)C(CC(=O)c3ccccc3)[C@@H]3[C@]4(OC(C)=O)CO[C@@H]4C[C@H](O)[C@@]3(C)C(=O)[C@H](OC(C)=O)C(=C1C)C2(C)C)[C@@H](NC(=O)c1ccccc1)c1ccccc1. The van der Waals surface area contributed by atoms with Gasteiger partial charge in [-0.25, -0.2) is 4.79 Å². The van der Waals surface area contributed by atoms with E-state index in [9.17, 15) is 44.0 Å². The second kappa shape index (κ2) is 29.8. The van der Waals surface area contributed by atoms with Crippen LogP contribution in [-0.2, 0) is 66.7 Å². The molecule has 1 heterocycles. The number of ether oxygens (including phenoxy) is 8. The van der Waals surface area contributed by atoms with E-state index in [1.54, 1.807) is 112 Å². The normalized spacial score (nSPS) is 26.1. The van der Waals surface area contributed by atoms with Crippen LogP contribution in [0, 0.1) is 22.7 Å². The standard InChI is InChI=1S/C64H83BN2O19/c1-40-48(38-64(77)46(36-47(70)43-20-11-8-12-21-43)57-62(6,49(71)37-50-63(57,39-82-50)86-42(3)69)58(74)55(83-41(2)68)53(40)61(64,4)5)84-60(76)56(54(44-22-13-9-14-23-44)67-59(75)45-24-15-10-16-25-45)85-52(73)27-26-51(72)66-29-19-31-80-33-35-81-34-32-79-30-18-17-28-65(7)78/h8-16,20-25,46,48-50,54-57,71,77-78H,17-19,26-39H2,1-7H3,(H,66,72)(H,67,75)/t46?,48?,49-,50+,54-,55+,56?,57-,62+,63-,64+/m0/s1. The van der Waals surface area contributed by atoms with Gasteiger partial charge < -0.3 is 63.8 Å². The Balaban J connectivity index is 1.17. The number of nitrogens with one attached hydrogen (secondary N) is 2. The molecule has 86 heavy (non-hydrogen) atoms. The van der Waals surface area contributed by atoms with Gasteiger partial charge in [0.25, 0.3) is 12.8 Å². The average Bonchev–Trinajstić information content (AvgIpc) is 1.59. The van der Waals surface area contributed by atoms with Gasteiger partial charge in [-0.05, 0) is 61.9 Å². The minimum Gasteiger partial charge on any atom is -0.455 e. The van der Waals surface area contributed by atoms with Crippen LogP contribution in [0.1, 0.15) is 125 Å². The quantitative estimate of drug-likeness (QED) is 0.0134. The summed E-state index contributed by atoms with van der Waals surface area (Å²) < 4.78 is 47.4. The summed E-state index contributed by atoms with van der Waals surface area (Å²) in [5.74, 6) is -9.24. The van der Waals surface area contributed by atoms with Gasteiger partial charge in [0.05, 0.1) is 56.6 Å². The second-order valence-electron chi connectivity index (χ2n) is 23.6. The number of fused-ring (bicyclic) bond motifs is 5. The van der Waals surface area contributed by atoms with Crippen LogP contribution in [0.2, 0.25) is 13.1 Å². The molecule has 0 aromatic heterocycles. The monoisotopic (exact) mass is 1190 g/mol. The van der Waals surface area contributed by atoms with Gasteiger partial charge in [-0.2, -0.15) is 0 Å². The fourth-order valence-corrected chi connectivity index (χ4v) is 13.0. The highest BCUT2D eigenvalue weighted by Gasteiger charge is 2.77. The zero-order chi connectivity index (χ0) is 62.4. The summed E-state index contributed by atoms with van der Waals surface area (Å²) in [4.78, 5) is 114. The van der Waals surface area contributed by atoms with Gasteiger partial charge in [0.1, 0.15) is 18.2 Å². The van der Waals surface area contributed by atoms with Crippen molar-refractivity contribution in [3.63, 3.8) is 0 Å². The van der Waals surface area contributed by atoms with Gasteiger partial charge >= 0.3 is 23.9 Å². The van der Waals surface area contributed by atoms with Crippen molar-refractivity contribution in [1.82, 2.24) is 10.6 Å². The molecule has 3 aromatic carbocycles. The first-order valence-corrected chi connectivity index (χ1v) is 29.7. The van der Waals surface area contributed by atoms with Crippen LogP contribution >= 0.6 is 0 Å². The predicted octanol–water partition coefficient (Wildman–Crippen LogP) is 5.68. The maximum atomic E-state index is 15.9. The van der Waals surface area contributed by atoms with Crippen LogP contribution in [0.4, 0.5) is 0 Å². The van der Waals surface area contributed by atoms with Crippen molar-refractivity contribution in [1.29, 1.82) is 0 Å². The highest BCUT2D eigenvalue weighted by atomic mass is 16.6. The van der Waals surface area contributed by atoms with Crippen LogP contribution in [-0.4, -0.2) is 164 Å². The summed E-state index contributed by atoms with van der Waals surface area (Å²) in [6.07, 6.45) is -7.14. The highest BCUT2D eigenvalue weighted by Crippen LogP contribution is 2.66. The molecule has 3 aliphatic carbocycles. The molecule has 4 aliphatic rings. The molecule has 22 heteroatoms. The van der Waals surface area contributed by atoms with E-state index in [0.717, 1.165) is 26.1 Å². The highest BCUT2D eigenvalue weighted by molar-refractivity contribution is 6.48. The number of aliphatic hydroxyl groups excluding tert-OH is 1. The summed E-state index contributed by atoms with van der Waals surface area (Å²) >= 11 is 0. The number of benzene rings is 3. The zero-order valence-electron chi connectivity index (χ0n) is 50.3. The molecule has 0 radical (unpaired) electrons. The minimum atomic E-state index is -2.29. The largest absolute Gasteiger partial charge is 0.455 e. The maximum Gasteiger partial charge on any atom is 0.350 e. The summed E-state index contributed by atoms with van der Waals surface area (Å²) in [7, 11) is 0. The molecular weight excluding hydrogens is 1110 g/mol. The zero-order valence-corrected chi connectivity index (χ0v) is 50.3. The fourth-order valence-electron chi connectivity index (χ4n) is 13.0. The van der Waals surface area contributed by atoms with Crippen molar-refractivity contribution in [2.24, 2.45) is 22.7 Å². The van der Waals surface area contributed by atoms with Crippen LogP contribution in [0.5, 0.6) is 0 Å². The fraction of sp³-hybridized carbons (Fsp3) is 0.562. The van der Waals surface area contributed by atoms with Gasteiger partial charge in [0, 0.05) is 87.7 Å². The van der Waals surface area contributed by atoms with Crippen molar-refractivity contribution in [2.45, 2.75) is 154 Å². The van der Waals surface area contributed by atoms with Gasteiger partial charge in [-0.1, -0.05) is 106 Å². The third-order valence-corrected chi connectivity index (χ3v) is 17.5. The smallest absolute Gasteiger partial charge is 0.350 e. The molecule has 1 aliphatic heterocycles. The van der Waals surface area contributed by atoms with E-state index in [0.29, 0.717) is 51.6 Å². The van der Waals surface area contributed by atoms with E-state index in [-0.39, 0.29) is 55.2 Å². The maximum absolute atomic E-state index is 15.9. The number of amides is 2. The first-order chi connectivity index (χ1) is 41.0. The Kier molecular flexibility index (Phi) is 23.2. The van der Waals surface area contributed by atoms with Crippen molar-refractivity contribution >= 4 is 54.2 Å². The summed E-state index contributed by atoms with van der Waals surface area (Å²) in [6.45, 7) is 12.3. The molecule has 7 rings (SSSR count). The summed E-state index contributed by atoms with van der Waals surface area (Å²) in [6, 6.07) is 23.0. The van der Waals surface area contributed by atoms with E-state index < -0.39 is 137 Å². The molecule has 11 atom stereocenters. The Morgan fingerprint density at radius 2 is 1.36 bits per heavy atom. The van der Waals surface area contributed by atoms with Crippen molar-refractivity contribution in [3.05, 3.63) is 119 Å². The Bertz CT molecular complexity index is 2890. The summed E-state index contributed by atoms with van der Waals surface area (Å²) in [5, 5.41) is 41.5. The molecule has 466 valence electrons. The third kappa shape index (κ3) is 15.4. The predicted molar refractivity (Wildman–Crippen MR) is 312 cm³/mol. The lowest BCUT2D eigenvalue weighted by Crippen LogP contribution is -2.80. The Morgan fingerprint density at radius 1 is 0.767 bits per heavy atom. The summed E-state index contributed by atoms with van der Waals surface area (Å²) in [5.41, 5.74) is -6.77. The first kappa shape index (κ1) is 66.9. The molecule has 21 nitrogen and oxygen atoms in total. The molecule has 0 spiro atoms. The van der Waals surface area contributed by atoms with E-state index in [1.807, 2.05) is 0 Å². The molecule has 1 saturated heterocycles. The first-order valence-electron chi connectivity index (χ1n) is 29.7. The van der Waals surface area contributed by atoms with E-state index >= 15 is 9.59 Å². The van der Waals surface area contributed by atoms with E-state index in [4.69, 9.17) is 37.9 Å². The van der Waals surface area contributed by atoms with Crippen LogP contribution < -0.4 is 10.6 Å². The number of aliphatic hydroxyl groups is 2. The molecule has 2 bridgehead atoms. The van der Waals surface area contributed by atoms with E-state index in [1.165, 1.54) is 20.8 Å². The minimum absolute atomic E-state index is 0.00725. The van der Waals surface area contributed by atoms with Gasteiger partial charge in [0.2, 0.25) is 12.0 Å². The number of carbonyl (C=O) groups is 8. The number of carbonyl (C=O) groups excluding carboxylic acids is 8.